The van der Waals surface area contributed by atoms with E-state index in [2.05, 4.69) is 10.0 Å². The molecule has 0 saturated carbocycles. The molecule has 0 radical (unpaired) electrons. The SMILES string of the molecule is Cc1ccc(NS(=O)(=O)c2ccc(CCC(=O)Nc3cc([N+](=O)[O-])ccc3C)cc2)cc1. The van der Waals surface area contributed by atoms with Crippen LogP contribution in [0.1, 0.15) is 23.1 Å². The molecule has 8 nitrogen and oxygen atoms in total. The highest BCUT2D eigenvalue weighted by Crippen LogP contribution is 2.22. The third-order valence-electron chi connectivity index (χ3n) is 4.88. The van der Waals surface area contributed by atoms with Gasteiger partial charge in [-0.2, -0.15) is 0 Å². The van der Waals surface area contributed by atoms with Gasteiger partial charge in [0.2, 0.25) is 5.91 Å². The Kier molecular flexibility index (Phi) is 6.89. The number of aryl methyl sites for hydroxylation is 3. The Morgan fingerprint density at radius 3 is 2.25 bits per heavy atom. The Morgan fingerprint density at radius 1 is 0.969 bits per heavy atom. The van der Waals surface area contributed by atoms with Crippen LogP contribution in [0.25, 0.3) is 0 Å². The molecule has 166 valence electrons. The fraction of sp³-hybridized carbons (Fsp3) is 0.174. The van der Waals surface area contributed by atoms with E-state index in [1.54, 1.807) is 37.3 Å². The maximum atomic E-state index is 12.6. The fourth-order valence-electron chi connectivity index (χ4n) is 3.00. The predicted molar refractivity (Wildman–Crippen MR) is 123 cm³/mol. The molecule has 9 heteroatoms. The lowest BCUT2D eigenvalue weighted by Gasteiger charge is -2.10. The molecule has 0 unspecified atom stereocenters. The van der Waals surface area contributed by atoms with Crippen molar-refractivity contribution in [2.75, 3.05) is 10.0 Å². The first-order valence-corrected chi connectivity index (χ1v) is 11.4. The number of carbonyl (C=O) groups is 1. The third-order valence-corrected chi connectivity index (χ3v) is 6.28. The average Bonchev–Trinajstić information content (AvgIpc) is 2.75. The molecule has 0 saturated heterocycles. The number of sulfonamides is 1. The predicted octanol–water partition coefficient (Wildman–Crippen LogP) is 4.58. The van der Waals surface area contributed by atoms with Crippen molar-refractivity contribution in [1.82, 2.24) is 0 Å². The van der Waals surface area contributed by atoms with Crippen molar-refractivity contribution in [3.63, 3.8) is 0 Å². The van der Waals surface area contributed by atoms with Gasteiger partial charge in [-0.1, -0.05) is 35.9 Å². The minimum absolute atomic E-state index is 0.0954. The molecule has 32 heavy (non-hydrogen) atoms. The molecule has 0 heterocycles. The summed E-state index contributed by atoms with van der Waals surface area (Å²) >= 11 is 0. The molecule has 3 rings (SSSR count). The van der Waals surface area contributed by atoms with Gasteiger partial charge in [-0.25, -0.2) is 8.42 Å². The Balaban J connectivity index is 1.60. The number of rotatable bonds is 8. The van der Waals surface area contributed by atoms with Crippen LogP contribution in [0.2, 0.25) is 0 Å². The molecule has 2 N–H and O–H groups in total. The molecule has 3 aromatic rings. The van der Waals surface area contributed by atoms with E-state index in [1.807, 2.05) is 19.1 Å². The molecule has 1 amide bonds. The number of nitrogens with zero attached hydrogens (tertiary/aromatic N) is 1. The summed E-state index contributed by atoms with van der Waals surface area (Å²) in [6.45, 7) is 3.67. The van der Waals surface area contributed by atoms with Crippen LogP contribution in [-0.4, -0.2) is 19.2 Å². The largest absolute Gasteiger partial charge is 0.326 e. The summed E-state index contributed by atoms with van der Waals surface area (Å²) < 4.78 is 27.6. The monoisotopic (exact) mass is 453 g/mol. The molecule has 0 spiro atoms. The molecule has 0 aromatic heterocycles. The van der Waals surface area contributed by atoms with E-state index in [1.165, 1.54) is 24.3 Å². The first-order valence-electron chi connectivity index (χ1n) is 9.87. The van der Waals surface area contributed by atoms with Gasteiger partial charge in [0.1, 0.15) is 0 Å². The summed E-state index contributed by atoms with van der Waals surface area (Å²) in [5.41, 5.74) is 3.33. The molecule has 0 bridgehead atoms. The summed E-state index contributed by atoms with van der Waals surface area (Å²) in [5.74, 6) is -0.286. The van der Waals surface area contributed by atoms with E-state index >= 15 is 0 Å². The summed E-state index contributed by atoms with van der Waals surface area (Å²) in [6.07, 6.45) is 0.543. The average molecular weight is 454 g/mol. The first-order chi connectivity index (χ1) is 15.1. The molecule has 0 aliphatic heterocycles. The number of nitro benzene ring substituents is 1. The van der Waals surface area contributed by atoms with Gasteiger partial charge < -0.3 is 5.32 Å². The highest BCUT2D eigenvalue weighted by atomic mass is 32.2. The van der Waals surface area contributed by atoms with Crippen molar-refractivity contribution in [2.24, 2.45) is 0 Å². The lowest BCUT2D eigenvalue weighted by atomic mass is 10.1. The van der Waals surface area contributed by atoms with Crippen LogP contribution in [0, 0.1) is 24.0 Å². The number of non-ortho nitro benzene ring substituents is 1. The van der Waals surface area contributed by atoms with Gasteiger partial charge in [0.25, 0.3) is 15.7 Å². The summed E-state index contributed by atoms with van der Waals surface area (Å²) in [7, 11) is -3.72. The number of hydrogen-bond donors (Lipinski definition) is 2. The van der Waals surface area contributed by atoms with Gasteiger partial charge in [0.15, 0.2) is 0 Å². The third kappa shape index (κ3) is 5.92. The first kappa shape index (κ1) is 23.0. The number of nitrogens with one attached hydrogen (secondary N) is 2. The number of hydrogen-bond acceptors (Lipinski definition) is 5. The van der Waals surface area contributed by atoms with Crippen LogP contribution in [0.3, 0.4) is 0 Å². The van der Waals surface area contributed by atoms with Gasteiger partial charge in [-0.05, 0) is 55.7 Å². The van der Waals surface area contributed by atoms with Gasteiger partial charge in [0, 0.05) is 24.2 Å². The zero-order chi connectivity index (χ0) is 23.3. The van der Waals surface area contributed by atoms with Gasteiger partial charge in [-0.15, -0.1) is 0 Å². The number of anilines is 2. The van der Waals surface area contributed by atoms with Crippen LogP contribution >= 0.6 is 0 Å². The van der Waals surface area contributed by atoms with E-state index in [4.69, 9.17) is 0 Å². The summed E-state index contributed by atoms with van der Waals surface area (Å²) in [6, 6.07) is 17.6. The summed E-state index contributed by atoms with van der Waals surface area (Å²) in [4.78, 5) is 22.8. The van der Waals surface area contributed by atoms with Crippen LogP contribution in [0.5, 0.6) is 0 Å². The van der Waals surface area contributed by atoms with E-state index in [0.717, 1.165) is 16.7 Å². The lowest BCUT2D eigenvalue weighted by molar-refractivity contribution is -0.384. The Labute approximate surface area is 186 Å². The van der Waals surface area contributed by atoms with Crippen LogP contribution in [0.4, 0.5) is 17.1 Å². The van der Waals surface area contributed by atoms with E-state index < -0.39 is 14.9 Å². The van der Waals surface area contributed by atoms with E-state index in [-0.39, 0.29) is 22.9 Å². The van der Waals surface area contributed by atoms with Crippen LogP contribution in [-0.2, 0) is 21.2 Å². The standard InChI is InChI=1S/C23H23N3O5S/c1-16-3-9-19(10-4-16)25-32(30,31)21-12-6-18(7-13-21)8-14-23(27)24-22-15-20(26(28)29)11-5-17(22)2/h3-7,9-13,15,25H,8,14H2,1-2H3,(H,24,27). The Bertz CT molecular complexity index is 1240. The minimum atomic E-state index is -3.72. The molecule has 0 atom stereocenters. The van der Waals surface area contributed by atoms with Crippen molar-refractivity contribution in [3.8, 4) is 0 Å². The van der Waals surface area contributed by atoms with Gasteiger partial charge >= 0.3 is 0 Å². The molecular weight excluding hydrogens is 430 g/mol. The number of carbonyl (C=O) groups excluding carboxylic acids is 1. The molecule has 0 fully saturated rings. The normalized spacial score (nSPS) is 11.1. The van der Waals surface area contributed by atoms with Crippen molar-refractivity contribution < 1.29 is 18.1 Å². The topological polar surface area (TPSA) is 118 Å². The van der Waals surface area contributed by atoms with Gasteiger partial charge in [0.05, 0.1) is 15.5 Å². The van der Waals surface area contributed by atoms with Crippen molar-refractivity contribution in [1.29, 1.82) is 0 Å². The second kappa shape index (κ2) is 9.61. The van der Waals surface area contributed by atoms with E-state index in [0.29, 0.717) is 17.8 Å². The smallest absolute Gasteiger partial charge is 0.271 e. The van der Waals surface area contributed by atoms with Crippen LogP contribution < -0.4 is 10.0 Å². The second-order valence-electron chi connectivity index (χ2n) is 7.42. The lowest BCUT2D eigenvalue weighted by Crippen LogP contribution is -2.14. The maximum Gasteiger partial charge on any atom is 0.271 e. The number of nitro groups is 1. The fourth-order valence-corrected chi connectivity index (χ4v) is 4.06. The van der Waals surface area contributed by atoms with Crippen molar-refractivity contribution in [3.05, 3.63) is 93.5 Å². The second-order valence-corrected chi connectivity index (χ2v) is 9.10. The molecule has 0 aliphatic carbocycles. The number of benzene rings is 3. The summed E-state index contributed by atoms with van der Waals surface area (Å²) in [5, 5.41) is 13.6. The van der Waals surface area contributed by atoms with Crippen LogP contribution in [0.15, 0.2) is 71.6 Å². The quantitative estimate of drug-likeness (QED) is 0.382. The molecule has 3 aromatic carbocycles. The van der Waals surface area contributed by atoms with Gasteiger partial charge in [-0.3, -0.25) is 19.6 Å². The number of amides is 1. The van der Waals surface area contributed by atoms with Crippen molar-refractivity contribution in [2.45, 2.75) is 31.6 Å². The highest BCUT2D eigenvalue weighted by molar-refractivity contribution is 7.92. The zero-order valence-corrected chi connectivity index (χ0v) is 18.5. The molecule has 0 aliphatic rings. The Morgan fingerprint density at radius 2 is 1.62 bits per heavy atom. The minimum Gasteiger partial charge on any atom is -0.326 e. The zero-order valence-electron chi connectivity index (χ0n) is 17.7. The van der Waals surface area contributed by atoms with E-state index in [9.17, 15) is 23.3 Å². The Hall–Kier alpha value is -3.72. The maximum absolute atomic E-state index is 12.6. The highest BCUT2D eigenvalue weighted by Gasteiger charge is 2.15. The molecular formula is C23H23N3O5S. The van der Waals surface area contributed by atoms with Crippen molar-refractivity contribution >= 4 is 33.0 Å².